The van der Waals surface area contributed by atoms with E-state index in [2.05, 4.69) is 30.5 Å². The number of hydrogen-bond donors (Lipinski definition) is 3. The van der Waals surface area contributed by atoms with Gasteiger partial charge in [0.15, 0.2) is 0 Å². The van der Waals surface area contributed by atoms with Gasteiger partial charge in [-0.25, -0.2) is 14.4 Å². The van der Waals surface area contributed by atoms with Gasteiger partial charge in [-0.15, -0.1) is 11.8 Å². The van der Waals surface area contributed by atoms with Crippen molar-refractivity contribution >= 4 is 34.5 Å². The molecule has 190 valence electrons. The molecule has 3 N–H and O–H groups in total. The number of ether oxygens (including phenoxy) is 1. The Kier molecular flexibility index (Phi) is 7.07. The highest BCUT2D eigenvalue weighted by atomic mass is 32.2. The van der Waals surface area contributed by atoms with Gasteiger partial charge >= 0.3 is 0 Å². The van der Waals surface area contributed by atoms with Crippen LogP contribution < -0.4 is 15.4 Å². The zero-order valence-corrected chi connectivity index (χ0v) is 21.1. The fourth-order valence-corrected chi connectivity index (χ4v) is 5.56. The molecule has 0 aliphatic carbocycles. The molecule has 36 heavy (non-hydrogen) atoms. The molecule has 3 aromatic heterocycles. The van der Waals surface area contributed by atoms with Gasteiger partial charge in [0, 0.05) is 37.3 Å². The zero-order valence-electron chi connectivity index (χ0n) is 20.3. The summed E-state index contributed by atoms with van der Waals surface area (Å²) in [5.74, 6) is 0.983. The average molecular weight is 513 g/mol. The molecular formula is C25H29FN6O3S. The quantitative estimate of drug-likeness (QED) is 0.439. The van der Waals surface area contributed by atoms with Crippen LogP contribution in [-0.4, -0.2) is 75.0 Å². The molecule has 0 spiro atoms. The van der Waals surface area contributed by atoms with Crippen molar-refractivity contribution in [1.82, 2.24) is 25.2 Å². The predicted octanol–water partition coefficient (Wildman–Crippen LogP) is 2.37. The molecule has 5 heterocycles. The van der Waals surface area contributed by atoms with Crippen molar-refractivity contribution in [3.8, 4) is 5.88 Å². The molecule has 0 radical (unpaired) electrons. The van der Waals surface area contributed by atoms with Crippen LogP contribution in [0.2, 0.25) is 0 Å². The Balaban J connectivity index is 1.20. The van der Waals surface area contributed by atoms with Crippen LogP contribution in [0.3, 0.4) is 0 Å². The van der Waals surface area contributed by atoms with Crippen molar-refractivity contribution in [2.75, 3.05) is 37.8 Å². The number of aromatic nitrogens is 3. The van der Waals surface area contributed by atoms with E-state index in [1.807, 2.05) is 19.1 Å². The van der Waals surface area contributed by atoms with Crippen molar-refractivity contribution in [2.45, 2.75) is 42.8 Å². The molecule has 9 nitrogen and oxygen atoms in total. The lowest BCUT2D eigenvalue weighted by Crippen LogP contribution is -2.60. The number of anilines is 1. The second-order valence-electron chi connectivity index (χ2n) is 9.40. The number of carbonyl (C=O) groups is 1. The maximum absolute atomic E-state index is 14.7. The van der Waals surface area contributed by atoms with Gasteiger partial charge in [0.1, 0.15) is 11.6 Å². The molecule has 0 saturated carbocycles. The number of likely N-dealkylation sites (tertiary alicyclic amines) is 1. The topological polar surface area (TPSA) is 112 Å². The Labute approximate surface area is 212 Å². The number of carbonyl (C=O) groups excluding carboxylic acids is 1. The van der Waals surface area contributed by atoms with Gasteiger partial charge in [0.05, 0.1) is 46.3 Å². The molecule has 1 saturated heterocycles. The largest absolute Gasteiger partial charge is 0.481 e. The third kappa shape index (κ3) is 5.29. The minimum absolute atomic E-state index is 0.0463. The molecule has 5 rings (SSSR count). The number of nitrogens with one attached hydrogen (secondary N) is 2. The van der Waals surface area contributed by atoms with Crippen LogP contribution in [0.1, 0.15) is 24.6 Å². The van der Waals surface area contributed by atoms with Crippen molar-refractivity contribution in [2.24, 2.45) is 0 Å². The summed E-state index contributed by atoms with van der Waals surface area (Å²) < 4.78 is 19.9. The Morgan fingerprint density at radius 3 is 3.00 bits per heavy atom. The average Bonchev–Trinajstić information content (AvgIpc) is 2.86. The number of β-amino-alcohol motifs (C(OH)–C–C–N with tert-alkyl or cyclic N) is 1. The smallest absolute Gasteiger partial charge is 0.235 e. The first kappa shape index (κ1) is 24.8. The number of methoxy groups -OCH3 is 1. The fraction of sp³-hybridized carbons (Fsp3) is 0.440. The summed E-state index contributed by atoms with van der Waals surface area (Å²) >= 11 is 1.48. The lowest BCUT2D eigenvalue weighted by molar-refractivity contribution is -0.113. The Morgan fingerprint density at radius 1 is 1.33 bits per heavy atom. The number of aliphatic hydroxyl groups is 1. The lowest BCUT2D eigenvalue weighted by atomic mass is 9.88. The highest BCUT2D eigenvalue weighted by molar-refractivity contribution is 8.00. The van der Waals surface area contributed by atoms with Gasteiger partial charge in [-0.2, -0.15) is 0 Å². The van der Waals surface area contributed by atoms with Crippen molar-refractivity contribution < 1.29 is 19.0 Å². The molecule has 3 aromatic rings. The van der Waals surface area contributed by atoms with Crippen molar-refractivity contribution in [3.63, 3.8) is 0 Å². The fourth-order valence-electron chi connectivity index (χ4n) is 4.81. The van der Waals surface area contributed by atoms with E-state index in [4.69, 9.17) is 4.74 Å². The van der Waals surface area contributed by atoms with E-state index >= 15 is 0 Å². The summed E-state index contributed by atoms with van der Waals surface area (Å²) in [5.41, 5.74) is 1.46. The van der Waals surface area contributed by atoms with Crippen LogP contribution in [0.15, 0.2) is 35.4 Å². The number of nitrogens with zero attached hydrogens (tertiary/aromatic N) is 4. The summed E-state index contributed by atoms with van der Waals surface area (Å²) in [6.07, 6.45) is 2.41. The first-order chi connectivity index (χ1) is 17.3. The summed E-state index contributed by atoms with van der Waals surface area (Å²) in [4.78, 5) is 27.9. The summed E-state index contributed by atoms with van der Waals surface area (Å²) in [6.45, 7) is 4.11. The maximum atomic E-state index is 14.7. The van der Waals surface area contributed by atoms with Gasteiger partial charge in [0.2, 0.25) is 11.8 Å². The standard InChI is InChI=1S/C25H29FN6O3S/c1-25(34)14-32(9-7-16-17(26)12-27-18-4-6-22(35-2)31-23(16)18)10-8-20(25)28-11-15-3-5-19-24(29-15)30-21(33)13-36-19/h3-6,12,20,28,34H,7-11,13-14H2,1-2H3,(H,29,30,33)/t20-,25+/m0/s1. The Bertz CT molecular complexity index is 1290. The van der Waals surface area contributed by atoms with Crippen LogP contribution in [0.4, 0.5) is 10.2 Å². The van der Waals surface area contributed by atoms with Gasteiger partial charge < -0.3 is 25.4 Å². The number of piperidine rings is 1. The third-order valence-corrected chi connectivity index (χ3v) is 7.76. The summed E-state index contributed by atoms with van der Waals surface area (Å²) in [6, 6.07) is 7.27. The highest BCUT2D eigenvalue weighted by Gasteiger charge is 2.37. The number of hydrogen-bond acceptors (Lipinski definition) is 9. The molecule has 1 amide bonds. The molecule has 2 aliphatic heterocycles. The highest BCUT2D eigenvalue weighted by Crippen LogP contribution is 2.30. The summed E-state index contributed by atoms with van der Waals surface area (Å²) in [5, 5.41) is 17.5. The van der Waals surface area contributed by atoms with Gasteiger partial charge in [-0.05, 0) is 44.5 Å². The van der Waals surface area contributed by atoms with Gasteiger partial charge in [-0.3, -0.25) is 9.78 Å². The number of pyridine rings is 3. The second kappa shape index (κ2) is 10.3. The number of halogens is 1. The molecule has 0 unspecified atom stereocenters. The monoisotopic (exact) mass is 512 g/mol. The van der Waals surface area contributed by atoms with Crippen LogP contribution in [0, 0.1) is 5.82 Å². The van der Waals surface area contributed by atoms with E-state index < -0.39 is 11.4 Å². The number of thioether (sulfide) groups is 1. The van der Waals surface area contributed by atoms with Crippen LogP contribution in [0.5, 0.6) is 5.88 Å². The molecule has 0 bridgehead atoms. The number of fused-ring (bicyclic) bond motifs is 2. The molecular weight excluding hydrogens is 483 g/mol. The molecule has 0 aromatic carbocycles. The first-order valence-electron chi connectivity index (χ1n) is 11.9. The second-order valence-corrected chi connectivity index (χ2v) is 10.4. The van der Waals surface area contributed by atoms with Crippen LogP contribution in [0.25, 0.3) is 11.0 Å². The van der Waals surface area contributed by atoms with Gasteiger partial charge in [0.25, 0.3) is 0 Å². The Hall–Kier alpha value is -2.86. The molecule has 1 fully saturated rings. The number of rotatable bonds is 7. The first-order valence-corrected chi connectivity index (χ1v) is 12.9. The van der Waals surface area contributed by atoms with E-state index in [-0.39, 0.29) is 11.9 Å². The summed E-state index contributed by atoms with van der Waals surface area (Å²) in [7, 11) is 1.53. The Morgan fingerprint density at radius 2 is 2.19 bits per heavy atom. The predicted molar refractivity (Wildman–Crippen MR) is 136 cm³/mol. The molecule has 2 atom stereocenters. The van der Waals surface area contributed by atoms with Crippen LogP contribution in [-0.2, 0) is 17.8 Å². The molecule has 11 heteroatoms. The SMILES string of the molecule is COc1ccc2ncc(F)c(CCN3CC[C@H](NCc4ccc5c(n4)NC(=O)CS5)[C@](C)(O)C3)c2n1. The minimum Gasteiger partial charge on any atom is -0.481 e. The normalized spacial score (nSPS) is 22.3. The minimum atomic E-state index is -0.975. The van der Waals surface area contributed by atoms with Crippen molar-refractivity contribution in [3.05, 3.63) is 47.5 Å². The maximum Gasteiger partial charge on any atom is 0.235 e. The van der Waals surface area contributed by atoms with E-state index in [0.29, 0.717) is 60.1 Å². The lowest BCUT2D eigenvalue weighted by Gasteiger charge is -2.43. The molecule has 2 aliphatic rings. The van der Waals surface area contributed by atoms with E-state index in [0.717, 1.165) is 23.6 Å². The van der Waals surface area contributed by atoms with Crippen LogP contribution >= 0.6 is 11.8 Å². The third-order valence-electron chi connectivity index (χ3n) is 6.72. The van der Waals surface area contributed by atoms with E-state index in [1.165, 1.54) is 25.1 Å². The zero-order chi connectivity index (χ0) is 25.3. The van der Waals surface area contributed by atoms with E-state index in [9.17, 15) is 14.3 Å². The van der Waals surface area contributed by atoms with E-state index in [1.54, 1.807) is 12.1 Å². The van der Waals surface area contributed by atoms with Crippen molar-refractivity contribution in [1.29, 1.82) is 0 Å². The number of amides is 1. The van der Waals surface area contributed by atoms with Gasteiger partial charge in [-0.1, -0.05) is 0 Å².